The summed E-state index contributed by atoms with van der Waals surface area (Å²) in [4.78, 5) is 6.85. The molecule has 0 saturated carbocycles. The highest BCUT2D eigenvalue weighted by molar-refractivity contribution is 5.92. The van der Waals surface area contributed by atoms with Crippen LogP contribution < -0.4 is 5.73 Å². The second-order valence-electron chi connectivity index (χ2n) is 5.52. The molecule has 1 atom stereocenters. The molecule has 4 heteroatoms. The fourth-order valence-corrected chi connectivity index (χ4v) is 3.07. The minimum Gasteiger partial charge on any atom is -0.398 e. The monoisotopic (exact) mass is 271 g/mol. The number of nitrogens with two attached hydrogens (primary N) is 1. The van der Waals surface area contributed by atoms with E-state index in [1.54, 1.807) is 0 Å². The number of hydrogen-bond donors (Lipinski definition) is 2. The first kappa shape index (κ1) is 13.3. The van der Waals surface area contributed by atoms with E-state index in [4.69, 9.17) is 5.73 Å². The highest BCUT2D eigenvalue weighted by Gasteiger charge is 2.22. The molecule has 0 spiro atoms. The molecular formula is C16H21N3O. The molecule has 1 aliphatic rings. The van der Waals surface area contributed by atoms with Crippen LogP contribution in [0.25, 0.3) is 10.9 Å². The Hall–Kier alpha value is -1.65. The number of rotatable bonds is 3. The van der Waals surface area contributed by atoms with E-state index < -0.39 is 0 Å². The van der Waals surface area contributed by atoms with Gasteiger partial charge in [0.1, 0.15) is 0 Å². The standard InChI is InChI=1S/C16H21N3O/c17-15-7-6-12(16-14(15)5-3-8-18-16)10-19-9-2-1-4-13(19)11-20/h3,5-8,13,20H,1-2,4,9-11,17H2. The highest BCUT2D eigenvalue weighted by atomic mass is 16.3. The van der Waals surface area contributed by atoms with E-state index in [0.29, 0.717) is 0 Å². The Balaban J connectivity index is 1.92. The zero-order valence-electron chi connectivity index (χ0n) is 11.6. The average Bonchev–Trinajstić information content (AvgIpc) is 2.51. The predicted molar refractivity (Wildman–Crippen MR) is 81.3 cm³/mol. The lowest BCUT2D eigenvalue weighted by atomic mass is 10.0. The smallest absolute Gasteiger partial charge is 0.0767 e. The highest BCUT2D eigenvalue weighted by Crippen LogP contribution is 2.26. The third-order valence-electron chi connectivity index (χ3n) is 4.22. The topological polar surface area (TPSA) is 62.4 Å². The number of piperidine rings is 1. The van der Waals surface area contributed by atoms with E-state index in [1.165, 1.54) is 18.4 Å². The lowest BCUT2D eigenvalue weighted by Gasteiger charge is -2.34. The number of nitrogens with zero attached hydrogens (tertiary/aromatic N) is 2. The van der Waals surface area contributed by atoms with Crippen molar-refractivity contribution in [1.29, 1.82) is 0 Å². The van der Waals surface area contributed by atoms with Crippen LogP contribution in [0.5, 0.6) is 0 Å². The SMILES string of the molecule is Nc1ccc(CN2CCCCC2CO)c2ncccc12. The average molecular weight is 271 g/mol. The second kappa shape index (κ2) is 5.77. The largest absolute Gasteiger partial charge is 0.398 e. The summed E-state index contributed by atoms with van der Waals surface area (Å²) in [6, 6.07) is 8.23. The Kier molecular flexibility index (Phi) is 3.85. The first-order chi connectivity index (χ1) is 9.79. The molecule has 1 fully saturated rings. The van der Waals surface area contributed by atoms with Gasteiger partial charge in [-0.1, -0.05) is 12.5 Å². The van der Waals surface area contributed by atoms with E-state index in [-0.39, 0.29) is 12.6 Å². The number of nitrogen functional groups attached to an aromatic ring is 1. The van der Waals surface area contributed by atoms with Crippen LogP contribution >= 0.6 is 0 Å². The Morgan fingerprint density at radius 1 is 1.30 bits per heavy atom. The molecule has 4 nitrogen and oxygen atoms in total. The number of aliphatic hydroxyl groups is 1. The van der Waals surface area contributed by atoms with Crippen molar-refractivity contribution in [2.75, 3.05) is 18.9 Å². The van der Waals surface area contributed by atoms with Crippen molar-refractivity contribution >= 4 is 16.6 Å². The Morgan fingerprint density at radius 2 is 2.20 bits per heavy atom. The summed E-state index contributed by atoms with van der Waals surface area (Å²) in [5, 5.41) is 10.5. The summed E-state index contributed by atoms with van der Waals surface area (Å²) in [6.45, 7) is 2.11. The normalized spacial score (nSPS) is 20.4. The van der Waals surface area contributed by atoms with Gasteiger partial charge in [-0.25, -0.2) is 0 Å². The number of likely N-dealkylation sites (tertiary alicyclic amines) is 1. The van der Waals surface area contributed by atoms with Gasteiger partial charge in [-0.2, -0.15) is 0 Å². The number of hydrogen-bond acceptors (Lipinski definition) is 4. The molecule has 1 saturated heterocycles. The molecule has 106 valence electrons. The number of pyridine rings is 1. The third-order valence-corrected chi connectivity index (χ3v) is 4.22. The summed E-state index contributed by atoms with van der Waals surface area (Å²) in [7, 11) is 0. The van der Waals surface area contributed by atoms with Gasteiger partial charge in [0.25, 0.3) is 0 Å². The van der Waals surface area contributed by atoms with Crippen molar-refractivity contribution in [1.82, 2.24) is 9.88 Å². The van der Waals surface area contributed by atoms with Gasteiger partial charge in [-0.3, -0.25) is 9.88 Å². The molecule has 0 amide bonds. The Morgan fingerprint density at radius 3 is 3.05 bits per heavy atom. The molecule has 1 unspecified atom stereocenters. The Bertz CT molecular complexity index is 599. The Labute approximate surface area is 119 Å². The van der Waals surface area contributed by atoms with E-state index in [1.807, 2.05) is 24.4 Å². The lowest BCUT2D eigenvalue weighted by Crippen LogP contribution is -2.41. The van der Waals surface area contributed by atoms with Gasteiger partial charge in [0.05, 0.1) is 12.1 Å². The van der Waals surface area contributed by atoms with Crippen molar-refractivity contribution < 1.29 is 5.11 Å². The van der Waals surface area contributed by atoms with Gasteiger partial charge in [0.2, 0.25) is 0 Å². The van der Waals surface area contributed by atoms with Gasteiger partial charge in [-0.15, -0.1) is 0 Å². The first-order valence-electron chi connectivity index (χ1n) is 7.26. The van der Waals surface area contributed by atoms with Crippen LogP contribution in [-0.4, -0.2) is 34.2 Å². The molecule has 0 radical (unpaired) electrons. The zero-order chi connectivity index (χ0) is 13.9. The minimum absolute atomic E-state index is 0.236. The van der Waals surface area contributed by atoms with Crippen LogP contribution in [0, 0.1) is 0 Å². The molecular weight excluding hydrogens is 250 g/mol. The van der Waals surface area contributed by atoms with Crippen LogP contribution in [0.4, 0.5) is 5.69 Å². The van der Waals surface area contributed by atoms with E-state index >= 15 is 0 Å². The number of aliphatic hydroxyl groups excluding tert-OH is 1. The maximum absolute atomic E-state index is 9.52. The summed E-state index contributed by atoms with van der Waals surface area (Å²) in [6.07, 6.45) is 5.31. The van der Waals surface area contributed by atoms with Crippen molar-refractivity contribution in [3.8, 4) is 0 Å². The van der Waals surface area contributed by atoms with Crippen LogP contribution in [-0.2, 0) is 6.54 Å². The van der Waals surface area contributed by atoms with Crippen molar-refractivity contribution in [3.63, 3.8) is 0 Å². The third kappa shape index (κ3) is 2.49. The van der Waals surface area contributed by atoms with Gasteiger partial charge >= 0.3 is 0 Å². The molecule has 1 aromatic heterocycles. The number of aromatic nitrogens is 1. The number of fused-ring (bicyclic) bond motifs is 1. The molecule has 20 heavy (non-hydrogen) atoms. The minimum atomic E-state index is 0.236. The predicted octanol–water partition coefficient (Wildman–Crippen LogP) is 2.16. The van der Waals surface area contributed by atoms with Crippen LogP contribution in [0.15, 0.2) is 30.5 Å². The zero-order valence-corrected chi connectivity index (χ0v) is 11.6. The summed E-state index contributed by atoms with van der Waals surface area (Å²) >= 11 is 0. The quantitative estimate of drug-likeness (QED) is 0.840. The number of anilines is 1. The van der Waals surface area contributed by atoms with Crippen LogP contribution in [0.3, 0.4) is 0 Å². The van der Waals surface area contributed by atoms with E-state index in [0.717, 1.165) is 36.1 Å². The summed E-state index contributed by atoms with van der Waals surface area (Å²) in [5.41, 5.74) is 8.96. The van der Waals surface area contributed by atoms with Crippen molar-refractivity contribution in [3.05, 3.63) is 36.0 Å². The summed E-state index contributed by atoms with van der Waals surface area (Å²) < 4.78 is 0. The van der Waals surface area contributed by atoms with Gasteiger partial charge < -0.3 is 10.8 Å². The van der Waals surface area contributed by atoms with Gasteiger partial charge in [-0.05, 0) is 43.1 Å². The number of benzene rings is 1. The molecule has 0 aliphatic carbocycles. The fraction of sp³-hybridized carbons (Fsp3) is 0.438. The van der Waals surface area contributed by atoms with Gasteiger partial charge in [0.15, 0.2) is 0 Å². The molecule has 2 aromatic rings. The van der Waals surface area contributed by atoms with E-state index in [9.17, 15) is 5.11 Å². The van der Waals surface area contributed by atoms with E-state index in [2.05, 4.69) is 16.0 Å². The van der Waals surface area contributed by atoms with Crippen molar-refractivity contribution in [2.45, 2.75) is 31.8 Å². The maximum atomic E-state index is 9.52. The summed E-state index contributed by atoms with van der Waals surface area (Å²) in [5.74, 6) is 0. The molecule has 3 N–H and O–H groups in total. The lowest BCUT2D eigenvalue weighted by molar-refractivity contribution is 0.0844. The molecule has 3 rings (SSSR count). The molecule has 0 bridgehead atoms. The first-order valence-corrected chi connectivity index (χ1v) is 7.26. The molecule has 1 aromatic carbocycles. The maximum Gasteiger partial charge on any atom is 0.0767 e. The van der Waals surface area contributed by atoms with Gasteiger partial charge in [0, 0.05) is 29.9 Å². The fourth-order valence-electron chi connectivity index (χ4n) is 3.07. The second-order valence-corrected chi connectivity index (χ2v) is 5.52. The van der Waals surface area contributed by atoms with Crippen molar-refractivity contribution in [2.24, 2.45) is 0 Å². The van der Waals surface area contributed by atoms with Crippen LogP contribution in [0.2, 0.25) is 0 Å². The molecule has 2 heterocycles. The van der Waals surface area contributed by atoms with Crippen LogP contribution in [0.1, 0.15) is 24.8 Å². The molecule has 1 aliphatic heterocycles.